The molecule has 0 bridgehead atoms. The summed E-state index contributed by atoms with van der Waals surface area (Å²) < 4.78 is 45.1. The fourth-order valence-corrected chi connectivity index (χ4v) is 1.89. The highest BCUT2D eigenvalue weighted by atomic mass is 19.4. The number of carbonyl (C=O) groups excluding carboxylic acids is 1. The lowest BCUT2D eigenvalue weighted by atomic mass is 10.0. The van der Waals surface area contributed by atoms with Crippen LogP contribution in [0, 0.1) is 0 Å². The summed E-state index contributed by atoms with van der Waals surface area (Å²) in [7, 11) is 1.57. The Morgan fingerprint density at radius 1 is 1.26 bits per heavy atom. The molecule has 1 aromatic carbocycles. The molecular weight excluding hydrogens is 313 g/mol. The minimum Gasteiger partial charge on any atom is -0.497 e. The summed E-state index contributed by atoms with van der Waals surface area (Å²) >= 11 is 0. The third-order valence-electron chi connectivity index (χ3n) is 3.03. The highest BCUT2D eigenvalue weighted by Gasteiger charge is 2.27. The first-order valence-corrected chi connectivity index (χ1v) is 7.18. The van der Waals surface area contributed by atoms with Crippen LogP contribution in [-0.2, 0) is 4.74 Å². The zero-order chi connectivity index (χ0) is 17.3. The maximum Gasteiger partial charge on any atom is 0.411 e. The minimum atomic E-state index is -4.36. The average molecular weight is 334 g/mol. The monoisotopic (exact) mass is 334 g/mol. The summed E-state index contributed by atoms with van der Waals surface area (Å²) in [6, 6.07) is 6.63. The molecule has 0 aromatic heterocycles. The number of benzene rings is 1. The van der Waals surface area contributed by atoms with Crippen molar-refractivity contribution in [2.45, 2.75) is 25.6 Å². The Hall–Kier alpha value is -1.96. The van der Waals surface area contributed by atoms with E-state index in [-0.39, 0.29) is 19.2 Å². The summed E-state index contributed by atoms with van der Waals surface area (Å²) in [5.41, 5.74) is 0.914. The van der Waals surface area contributed by atoms with Crippen molar-refractivity contribution in [1.82, 2.24) is 10.6 Å². The second-order valence-corrected chi connectivity index (χ2v) is 4.80. The molecule has 0 aliphatic heterocycles. The number of methoxy groups -OCH3 is 1. The van der Waals surface area contributed by atoms with Crippen LogP contribution in [-0.4, -0.2) is 39.1 Å². The molecule has 0 saturated heterocycles. The van der Waals surface area contributed by atoms with Crippen LogP contribution in [0.25, 0.3) is 0 Å². The molecular formula is C15H21F3N2O3. The predicted molar refractivity (Wildman–Crippen MR) is 79.4 cm³/mol. The van der Waals surface area contributed by atoms with Crippen molar-refractivity contribution in [3.8, 4) is 5.75 Å². The first-order valence-electron chi connectivity index (χ1n) is 7.18. The first-order chi connectivity index (χ1) is 10.9. The van der Waals surface area contributed by atoms with E-state index in [1.165, 1.54) is 0 Å². The van der Waals surface area contributed by atoms with Crippen molar-refractivity contribution < 1.29 is 27.4 Å². The number of carbonyl (C=O) groups is 1. The van der Waals surface area contributed by atoms with Gasteiger partial charge in [-0.05, 0) is 24.1 Å². The van der Waals surface area contributed by atoms with Crippen LogP contribution in [0.3, 0.4) is 0 Å². The van der Waals surface area contributed by atoms with Gasteiger partial charge in [0.15, 0.2) is 0 Å². The number of rotatable bonds is 8. The molecule has 0 aliphatic carbocycles. The van der Waals surface area contributed by atoms with Crippen LogP contribution in [0.4, 0.5) is 18.0 Å². The SMILES string of the molecule is CCC(NC(=O)NCCOCC(F)(F)F)c1ccc(OC)cc1. The lowest BCUT2D eigenvalue weighted by Crippen LogP contribution is -2.39. The second kappa shape index (κ2) is 9.24. The molecule has 0 radical (unpaired) electrons. The van der Waals surface area contributed by atoms with Crippen molar-refractivity contribution in [3.05, 3.63) is 29.8 Å². The fourth-order valence-electron chi connectivity index (χ4n) is 1.89. The van der Waals surface area contributed by atoms with E-state index >= 15 is 0 Å². The molecule has 0 fully saturated rings. The normalized spacial score (nSPS) is 12.6. The molecule has 8 heteroatoms. The minimum absolute atomic E-state index is 0.000953. The van der Waals surface area contributed by atoms with Gasteiger partial charge in [-0.15, -0.1) is 0 Å². The largest absolute Gasteiger partial charge is 0.497 e. The highest BCUT2D eigenvalue weighted by molar-refractivity contribution is 5.74. The third-order valence-corrected chi connectivity index (χ3v) is 3.03. The van der Waals surface area contributed by atoms with Gasteiger partial charge in [0.05, 0.1) is 19.8 Å². The number of halogens is 3. The molecule has 0 saturated carbocycles. The Labute approximate surface area is 133 Å². The molecule has 1 aromatic rings. The number of urea groups is 1. The molecule has 2 N–H and O–H groups in total. The Bertz CT molecular complexity index is 478. The Morgan fingerprint density at radius 2 is 1.91 bits per heavy atom. The van der Waals surface area contributed by atoms with Gasteiger partial charge in [0.1, 0.15) is 12.4 Å². The van der Waals surface area contributed by atoms with Crippen molar-refractivity contribution in [2.24, 2.45) is 0 Å². The van der Waals surface area contributed by atoms with Crippen LogP contribution in [0.5, 0.6) is 5.75 Å². The average Bonchev–Trinajstić information content (AvgIpc) is 2.51. The maximum atomic E-state index is 11.9. The van der Waals surface area contributed by atoms with E-state index in [1.54, 1.807) is 19.2 Å². The first kappa shape index (κ1) is 19.1. The zero-order valence-electron chi connectivity index (χ0n) is 13.1. The van der Waals surface area contributed by atoms with E-state index < -0.39 is 18.8 Å². The summed E-state index contributed by atoms with van der Waals surface area (Å²) in [6.07, 6.45) is -3.69. The van der Waals surface area contributed by atoms with E-state index in [0.29, 0.717) is 6.42 Å². The number of nitrogens with one attached hydrogen (secondary N) is 2. The number of hydrogen-bond donors (Lipinski definition) is 2. The van der Waals surface area contributed by atoms with E-state index in [9.17, 15) is 18.0 Å². The van der Waals surface area contributed by atoms with Gasteiger partial charge in [0, 0.05) is 6.54 Å². The Morgan fingerprint density at radius 3 is 2.43 bits per heavy atom. The highest BCUT2D eigenvalue weighted by Crippen LogP contribution is 2.19. The lowest BCUT2D eigenvalue weighted by molar-refractivity contribution is -0.173. The quantitative estimate of drug-likeness (QED) is 0.719. The van der Waals surface area contributed by atoms with E-state index in [1.807, 2.05) is 19.1 Å². The molecule has 0 aliphatic rings. The van der Waals surface area contributed by atoms with Crippen LogP contribution < -0.4 is 15.4 Å². The topological polar surface area (TPSA) is 59.6 Å². The van der Waals surface area contributed by atoms with Gasteiger partial charge in [-0.3, -0.25) is 0 Å². The summed E-state index contributed by atoms with van der Waals surface area (Å²) in [5, 5.41) is 5.22. The van der Waals surface area contributed by atoms with Gasteiger partial charge in [-0.2, -0.15) is 13.2 Å². The van der Waals surface area contributed by atoms with Crippen LogP contribution in [0.2, 0.25) is 0 Å². The van der Waals surface area contributed by atoms with Gasteiger partial charge in [0.25, 0.3) is 0 Å². The smallest absolute Gasteiger partial charge is 0.411 e. The predicted octanol–water partition coefficient (Wildman–Crippen LogP) is 3.02. The molecule has 5 nitrogen and oxygen atoms in total. The molecule has 0 heterocycles. The van der Waals surface area contributed by atoms with Crippen LogP contribution in [0.15, 0.2) is 24.3 Å². The molecule has 1 rings (SSSR count). The summed E-state index contributed by atoms with van der Waals surface area (Å²) in [5.74, 6) is 0.717. The summed E-state index contributed by atoms with van der Waals surface area (Å²) in [6.45, 7) is 0.397. The van der Waals surface area contributed by atoms with Crippen LogP contribution >= 0.6 is 0 Å². The van der Waals surface area contributed by atoms with E-state index in [2.05, 4.69) is 15.4 Å². The number of ether oxygens (including phenoxy) is 2. The van der Waals surface area contributed by atoms with Crippen molar-refractivity contribution >= 4 is 6.03 Å². The van der Waals surface area contributed by atoms with E-state index in [0.717, 1.165) is 11.3 Å². The Kier molecular flexibility index (Phi) is 7.67. The number of amides is 2. The van der Waals surface area contributed by atoms with Gasteiger partial charge in [0.2, 0.25) is 0 Å². The zero-order valence-corrected chi connectivity index (χ0v) is 13.1. The van der Waals surface area contributed by atoms with Gasteiger partial charge in [-0.1, -0.05) is 19.1 Å². The van der Waals surface area contributed by atoms with Gasteiger partial charge < -0.3 is 20.1 Å². The molecule has 1 atom stereocenters. The van der Waals surface area contributed by atoms with Crippen molar-refractivity contribution in [1.29, 1.82) is 0 Å². The molecule has 2 amide bonds. The molecule has 0 spiro atoms. The third kappa shape index (κ3) is 7.73. The Balaban J connectivity index is 2.35. The fraction of sp³-hybridized carbons (Fsp3) is 0.533. The van der Waals surface area contributed by atoms with Crippen LogP contribution in [0.1, 0.15) is 24.9 Å². The number of alkyl halides is 3. The standard InChI is InChI=1S/C15H21F3N2O3/c1-3-13(11-4-6-12(22-2)7-5-11)20-14(21)19-8-9-23-10-15(16,17)18/h4-7,13H,3,8-10H2,1-2H3,(H2,19,20,21). The van der Waals surface area contributed by atoms with Gasteiger partial charge >= 0.3 is 12.2 Å². The molecule has 1 unspecified atom stereocenters. The number of hydrogen-bond acceptors (Lipinski definition) is 3. The second-order valence-electron chi connectivity index (χ2n) is 4.80. The van der Waals surface area contributed by atoms with E-state index in [4.69, 9.17) is 4.74 Å². The lowest BCUT2D eigenvalue weighted by Gasteiger charge is -2.18. The summed E-state index contributed by atoms with van der Waals surface area (Å²) in [4.78, 5) is 11.7. The maximum absolute atomic E-state index is 11.9. The van der Waals surface area contributed by atoms with Crippen molar-refractivity contribution in [2.75, 3.05) is 26.9 Å². The van der Waals surface area contributed by atoms with Crippen molar-refractivity contribution in [3.63, 3.8) is 0 Å². The van der Waals surface area contributed by atoms with Gasteiger partial charge in [-0.25, -0.2) is 4.79 Å². The molecule has 23 heavy (non-hydrogen) atoms. The molecule has 130 valence electrons.